The highest BCUT2D eigenvalue weighted by Gasteiger charge is 2.02. The van der Waals surface area contributed by atoms with Gasteiger partial charge in [0.15, 0.2) is 11.4 Å². The van der Waals surface area contributed by atoms with Gasteiger partial charge in [-0.1, -0.05) is 19.1 Å². The van der Waals surface area contributed by atoms with Crippen molar-refractivity contribution in [2.75, 3.05) is 0 Å². The average Bonchev–Trinajstić information content (AvgIpc) is 2.62. The van der Waals surface area contributed by atoms with Crippen LogP contribution in [0, 0.1) is 4.84 Å². The number of benzene rings is 1. The maximum atomic E-state index is 11.2. The molecule has 4 heteroatoms. The number of allylic oxidation sites excluding steroid dienone is 1. The van der Waals surface area contributed by atoms with Crippen molar-refractivity contribution < 1.29 is 9.21 Å². The summed E-state index contributed by atoms with van der Waals surface area (Å²) in [6.45, 7) is 1.82. The van der Waals surface area contributed by atoms with Gasteiger partial charge in [0.2, 0.25) is 0 Å². The number of rotatable bonds is 3. The lowest BCUT2D eigenvalue weighted by molar-refractivity contribution is -0.114. The Morgan fingerprint density at radius 2 is 2.25 bits per heavy atom. The Kier molecular flexibility index (Phi) is 3.01. The molecule has 0 amide bonds. The van der Waals surface area contributed by atoms with Gasteiger partial charge in [-0.2, -0.15) is 0 Å². The number of ketones is 1. The fraction of sp³-hybridized carbons (Fsp3) is 0.167. The van der Waals surface area contributed by atoms with Gasteiger partial charge in [-0.25, -0.2) is 0 Å². The molecular formula is C12H11NO2S. The van der Waals surface area contributed by atoms with Crippen molar-refractivity contribution in [2.24, 2.45) is 0 Å². The van der Waals surface area contributed by atoms with E-state index in [0.717, 1.165) is 11.1 Å². The van der Waals surface area contributed by atoms with Crippen LogP contribution in [0.25, 0.3) is 17.3 Å². The zero-order valence-electron chi connectivity index (χ0n) is 8.84. The number of fused-ring (bicyclic) bond motifs is 1. The van der Waals surface area contributed by atoms with Gasteiger partial charge in [-0.15, -0.1) is 0 Å². The number of nitrogens with zero attached hydrogens (tertiary/aromatic N) is 1. The summed E-state index contributed by atoms with van der Waals surface area (Å²) in [6, 6.07) is 7.52. The quantitative estimate of drug-likeness (QED) is 0.602. The summed E-state index contributed by atoms with van der Waals surface area (Å²) in [5.74, 6) is 0.0622. The van der Waals surface area contributed by atoms with Crippen LogP contribution in [-0.2, 0) is 4.79 Å². The summed E-state index contributed by atoms with van der Waals surface area (Å²) in [5.41, 5.74) is 1.59. The predicted octanol–water partition coefficient (Wildman–Crippen LogP) is 3.41. The molecule has 0 aliphatic carbocycles. The molecule has 1 aromatic heterocycles. The lowest BCUT2D eigenvalue weighted by Crippen LogP contribution is -1.91. The second-order valence-electron chi connectivity index (χ2n) is 3.34. The van der Waals surface area contributed by atoms with Crippen LogP contribution >= 0.6 is 12.2 Å². The van der Waals surface area contributed by atoms with E-state index in [-0.39, 0.29) is 5.78 Å². The van der Waals surface area contributed by atoms with Gasteiger partial charge in [0.05, 0.1) is 5.52 Å². The Bertz CT molecular complexity index is 607. The number of hydrogen-bond donors (Lipinski definition) is 0. The molecule has 0 aliphatic heterocycles. The summed E-state index contributed by atoms with van der Waals surface area (Å²) in [7, 11) is 0. The summed E-state index contributed by atoms with van der Waals surface area (Å²) in [4.78, 5) is 11.5. The fourth-order valence-electron chi connectivity index (χ4n) is 1.40. The number of carbonyl (C=O) groups is 1. The summed E-state index contributed by atoms with van der Waals surface area (Å²) in [6.07, 6.45) is 3.65. The van der Waals surface area contributed by atoms with Crippen LogP contribution in [0.4, 0.5) is 0 Å². The van der Waals surface area contributed by atoms with E-state index in [1.807, 2.05) is 31.2 Å². The van der Waals surface area contributed by atoms with Crippen LogP contribution in [0.1, 0.15) is 13.3 Å². The Balaban J connectivity index is 2.52. The van der Waals surface area contributed by atoms with Gasteiger partial charge in [0.1, 0.15) is 0 Å². The van der Waals surface area contributed by atoms with E-state index < -0.39 is 0 Å². The second-order valence-corrected chi connectivity index (χ2v) is 3.69. The lowest BCUT2D eigenvalue weighted by Gasteiger charge is -1.93. The van der Waals surface area contributed by atoms with Crippen molar-refractivity contribution in [3.63, 3.8) is 0 Å². The molecule has 16 heavy (non-hydrogen) atoms. The first-order chi connectivity index (χ1) is 7.72. The topological polar surface area (TPSA) is 35.1 Å². The number of aromatic nitrogens is 1. The molecule has 0 saturated heterocycles. The zero-order chi connectivity index (χ0) is 11.5. The van der Waals surface area contributed by atoms with Crippen molar-refractivity contribution in [1.82, 2.24) is 4.57 Å². The van der Waals surface area contributed by atoms with E-state index in [1.165, 1.54) is 6.08 Å². The first-order valence-corrected chi connectivity index (χ1v) is 5.44. The van der Waals surface area contributed by atoms with Gasteiger partial charge in [0.25, 0.3) is 4.84 Å². The molecule has 0 unspecified atom stereocenters. The van der Waals surface area contributed by atoms with Crippen LogP contribution in [0.2, 0.25) is 0 Å². The van der Waals surface area contributed by atoms with Crippen LogP contribution in [0.15, 0.2) is 34.8 Å². The molecule has 3 nitrogen and oxygen atoms in total. The predicted molar refractivity (Wildman–Crippen MR) is 65.7 cm³/mol. The van der Waals surface area contributed by atoms with Crippen LogP contribution in [0.5, 0.6) is 0 Å². The van der Waals surface area contributed by atoms with Gasteiger partial charge < -0.3 is 4.42 Å². The highest BCUT2D eigenvalue weighted by atomic mass is 32.1. The Morgan fingerprint density at radius 1 is 1.50 bits per heavy atom. The minimum atomic E-state index is 0.0622. The van der Waals surface area contributed by atoms with Crippen molar-refractivity contribution in [3.8, 4) is 0 Å². The summed E-state index contributed by atoms with van der Waals surface area (Å²) in [5, 5.41) is 0. The van der Waals surface area contributed by atoms with E-state index in [0.29, 0.717) is 11.3 Å². The number of para-hydroxylation sites is 2. The molecule has 0 bridgehead atoms. The highest BCUT2D eigenvalue weighted by Crippen LogP contribution is 2.17. The molecule has 0 fully saturated rings. The van der Waals surface area contributed by atoms with Crippen LogP contribution in [0.3, 0.4) is 0 Å². The van der Waals surface area contributed by atoms with E-state index in [2.05, 4.69) is 0 Å². The van der Waals surface area contributed by atoms with Crippen LogP contribution in [-0.4, -0.2) is 10.4 Å². The maximum absolute atomic E-state index is 11.2. The highest BCUT2D eigenvalue weighted by molar-refractivity contribution is 7.71. The molecule has 1 aromatic carbocycles. The maximum Gasteiger partial charge on any atom is 0.273 e. The SMILES string of the molecule is CCC(=O)/C=C/n1c(=S)oc2ccccc21. The number of hydrogen-bond acceptors (Lipinski definition) is 3. The molecule has 2 aromatic rings. The largest absolute Gasteiger partial charge is 0.429 e. The summed E-state index contributed by atoms with van der Waals surface area (Å²) >= 11 is 5.07. The molecule has 0 aliphatic rings. The minimum absolute atomic E-state index is 0.0622. The van der Waals surface area contributed by atoms with Gasteiger partial charge in [-0.05, 0) is 30.4 Å². The van der Waals surface area contributed by atoms with Crippen molar-refractivity contribution >= 4 is 35.3 Å². The molecule has 0 atom stereocenters. The first kappa shape index (κ1) is 10.8. The van der Waals surface area contributed by atoms with Crippen molar-refractivity contribution in [1.29, 1.82) is 0 Å². The molecule has 2 rings (SSSR count). The Hall–Kier alpha value is -1.68. The zero-order valence-corrected chi connectivity index (χ0v) is 9.66. The Labute approximate surface area is 98.0 Å². The number of carbonyl (C=O) groups excluding carboxylic acids is 1. The Morgan fingerprint density at radius 3 is 3.00 bits per heavy atom. The van der Waals surface area contributed by atoms with E-state index in [9.17, 15) is 4.79 Å². The molecule has 0 spiro atoms. The third-order valence-corrected chi connectivity index (χ3v) is 2.56. The van der Waals surface area contributed by atoms with Gasteiger partial charge in [0, 0.05) is 12.6 Å². The first-order valence-electron chi connectivity index (χ1n) is 5.03. The number of oxazole rings is 1. The van der Waals surface area contributed by atoms with Gasteiger partial charge in [-0.3, -0.25) is 9.36 Å². The van der Waals surface area contributed by atoms with Crippen molar-refractivity contribution in [3.05, 3.63) is 35.2 Å². The normalized spacial score (nSPS) is 11.3. The molecule has 0 saturated carbocycles. The standard InChI is InChI=1S/C12H11NO2S/c1-2-9(14)7-8-13-10-5-3-4-6-11(10)15-12(13)16/h3-8H,2H2,1H3/b8-7+. The van der Waals surface area contributed by atoms with E-state index in [1.54, 1.807) is 10.8 Å². The molecule has 0 N–H and O–H groups in total. The molecular weight excluding hydrogens is 222 g/mol. The van der Waals surface area contributed by atoms with E-state index in [4.69, 9.17) is 16.6 Å². The average molecular weight is 233 g/mol. The van der Waals surface area contributed by atoms with Crippen molar-refractivity contribution in [2.45, 2.75) is 13.3 Å². The lowest BCUT2D eigenvalue weighted by atomic mass is 10.3. The monoisotopic (exact) mass is 233 g/mol. The minimum Gasteiger partial charge on any atom is -0.429 e. The smallest absolute Gasteiger partial charge is 0.273 e. The molecule has 82 valence electrons. The summed E-state index contributed by atoms with van der Waals surface area (Å²) < 4.78 is 7.07. The van der Waals surface area contributed by atoms with E-state index >= 15 is 0 Å². The van der Waals surface area contributed by atoms with Gasteiger partial charge >= 0.3 is 0 Å². The third kappa shape index (κ3) is 1.97. The fourth-order valence-corrected chi connectivity index (χ4v) is 1.65. The third-order valence-electron chi connectivity index (χ3n) is 2.28. The van der Waals surface area contributed by atoms with Crippen LogP contribution < -0.4 is 0 Å². The molecule has 0 radical (unpaired) electrons. The molecule has 1 heterocycles. The second kappa shape index (κ2) is 4.45.